The summed E-state index contributed by atoms with van der Waals surface area (Å²) in [4.78, 5) is 21.5. The first kappa shape index (κ1) is 24.9. The van der Waals surface area contributed by atoms with Crippen molar-refractivity contribution in [2.24, 2.45) is 22.7 Å². The minimum absolute atomic E-state index is 0.141. The largest absolute Gasteiger partial charge is 0.480 e. The van der Waals surface area contributed by atoms with E-state index in [4.69, 9.17) is 9.98 Å². The molecular formula is C27H40N4O3. The van der Waals surface area contributed by atoms with Gasteiger partial charge in [0.1, 0.15) is 11.9 Å². The van der Waals surface area contributed by atoms with E-state index in [2.05, 4.69) is 49.6 Å². The number of nitrogens with zero attached hydrogens (tertiary/aromatic N) is 2. The van der Waals surface area contributed by atoms with Crippen molar-refractivity contribution in [3.63, 3.8) is 0 Å². The van der Waals surface area contributed by atoms with Crippen molar-refractivity contribution in [2.75, 3.05) is 25.0 Å². The predicted molar refractivity (Wildman–Crippen MR) is 135 cm³/mol. The quantitative estimate of drug-likeness (QED) is 0.418. The molecule has 0 saturated heterocycles. The Labute approximate surface area is 203 Å². The third-order valence-electron chi connectivity index (χ3n) is 8.22. The second-order valence-electron chi connectivity index (χ2n) is 10.6. The van der Waals surface area contributed by atoms with Gasteiger partial charge in [-0.15, -0.1) is 0 Å². The maximum atomic E-state index is 11.5. The molecule has 7 nitrogen and oxygen atoms in total. The smallest absolute Gasteiger partial charge is 0.320 e. The molecule has 2 aliphatic heterocycles. The van der Waals surface area contributed by atoms with E-state index in [-0.39, 0.29) is 24.5 Å². The van der Waals surface area contributed by atoms with Crippen LogP contribution in [0.3, 0.4) is 0 Å². The van der Waals surface area contributed by atoms with Gasteiger partial charge in [-0.2, -0.15) is 0 Å². The van der Waals surface area contributed by atoms with Gasteiger partial charge < -0.3 is 20.8 Å². The second-order valence-corrected chi connectivity index (χ2v) is 10.6. The van der Waals surface area contributed by atoms with E-state index in [0.29, 0.717) is 18.4 Å². The Hall–Kier alpha value is -2.25. The highest BCUT2D eigenvalue weighted by Gasteiger charge is 2.48. The number of aliphatic hydroxyl groups excluding tert-OH is 1. The first-order chi connectivity index (χ1) is 16.3. The molecule has 1 aromatic heterocycles. The van der Waals surface area contributed by atoms with Crippen LogP contribution in [-0.2, 0) is 17.6 Å². The van der Waals surface area contributed by atoms with Crippen molar-refractivity contribution >= 4 is 17.5 Å². The number of dihydropyridines is 1. The van der Waals surface area contributed by atoms with Crippen molar-refractivity contribution < 1.29 is 15.0 Å². The molecule has 1 aromatic rings. The number of hydrogen-bond donors (Lipinski definition) is 4. The van der Waals surface area contributed by atoms with Crippen LogP contribution in [0.15, 0.2) is 28.8 Å². The van der Waals surface area contributed by atoms with Crippen LogP contribution in [-0.4, -0.2) is 58.2 Å². The Morgan fingerprint density at radius 3 is 2.85 bits per heavy atom. The zero-order valence-electron chi connectivity index (χ0n) is 20.8. The maximum absolute atomic E-state index is 11.5. The lowest BCUT2D eigenvalue weighted by Crippen LogP contribution is -2.53. The molecule has 4 rings (SSSR count). The highest BCUT2D eigenvalue weighted by atomic mass is 16.4. The van der Waals surface area contributed by atoms with E-state index >= 15 is 0 Å². The van der Waals surface area contributed by atoms with Gasteiger partial charge >= 0.3 is 5.97 Å². The number of carboxylic acid groups (broad SMARTS) is 1. The van der Waals surface area contributed by atoms with Gasteiger partial charge in [0.25, 0.3) is 0 Å². The van der Waals surface area contributed by atoms with Crippen molar-refractivity contribution in [1.29, 1.82) is 0 Å². The molecule has 1 fully saturated rings. The maximum Gasteiger partial charge on any atom is 0.320 e. The summed E-state index contributed by atoms with van der Waals surface area (Å²) < 4.78 is 0. The van der Waals surface area contributed by atoms with E-state index in [1.165, 1.54) is 23.3 Å². The number of aliphatic hydroxyl groups is 1. The van der Waals surface area contributed by atoms with E-state index in [1.54, 1.807) is 0 Å². The molecule has 0 amide bonds. The Kier molecular flexibility index (Phi) is 7.73. The van der Waals surface area contributed by atoms with Crippen LogP contribution >= 0.6 is 0 Å². The average Bonchev–Trinajstić information content (AvgIpc) is 2.76. The lowest BCUT2D eigenvalue weighted by molar-refractivity contribution is -0.140. The van der Waals surface area contributed by atoms with Crippen molar-refractivity contribution in [3.8, 4) is 0 Å². The number of anilines is 1. The van der Waals surface area contributed by atoms with E-state index < -0.39 is 12.0 Å². The summed E-state index contributed by atoms with van der Waals surface area (Å²) in [6.07, 6.45) is 9.10. The molecule has 3 atom stereocenters. The molecule has 3 aliphatic rings. The topological polar surface area (TPSA) is 107 Å². The van der Waals surface area contributed by atoms with Gasteiger partial charge in [0.05, 0.1) is 5.54 Å². The van der Waals surface area contributed by atoms with Crippen LogP contribution in [0.1, 0.15) is 64.1 Å². The molecule has 1 aliphatic carbocycles. The van der Waals surface area contributed by atoms with Crippen LogP contribution < -0.4 is 10.6 Å². The minimum Gasteiger partial charge on any atom is -0.480 e. The number of carbonyl (C=O) groups is 1. The second kappa shape index (κ2) is 10.6. The fourth-order valence-electron chi connectivity index (χ4n) is 6.14. The van der Waals surface area contributed by atoms with Crippen molar-refractivity contribution in [3.05, 3.63) is 35.0 Å². The molecule has 2 unspecified atom stereocenters. The molecular weight excluding hydrogens is 428 g/mol. The molecule has 0 radical (unpaired) electrons. The summed E-state index contributed by atoms with van der Waals surface area (Å²) in [6.45, 7) is 7.87. The first-order valence-electron chi connectivity index (χ1n) is 12.8. The molecule has 7 heteroatoms. The van der Waals surface area contributed by atoms with Crippen LogP contribution in [0.4, 0.5) is 5.82 Å². The summed E-state index contributed by atoms with van der Waals surface area (Å²) in [7, 11) is 0. The van der Waals surface area contributed by atoms with Crippen molar-refractivity contribution in [2.45, 2.75) is 77.3 Å². The van der Waals surface area contributed by atoms with Gasteiger partial charge in [-0.1, -0.05) is 11.6 Å². The zero-order chi connectivity index (χ0) is 24.3. The SMILES string of the molecule is CC1=CC(C)=NC(C)([C@H]2C[C@@H](CCc3ccc4c(n3)NCCC4)C2)C1CN[C@H](CCO)C(=O)O. The number of allylic oxidation sites excluding steroid dienone is 1. The summed E-state index contributed by atoms with van der Waals surface area (Å²) in [6, 6.07) is 3.70. The molecule has 34 heavy (non-hydrogen) atoms. The Morgan fingerprint density at radius 2 is 2.12 bits per heavy atom. The molecule has 4 N–H and O–H groups in total. The Bertz CT molecular complexity index is 953. The fourth-order valence-corrected chi connectivity index (χ4v) is 6.14. The van der Waals surface area contributed by atoms with E-state index in [1.807, 2.05) is 0 Å². The monoisotopic (exact) mass is 468 g/mol. The summed E-state index contributed by atoms with van der Waals surface area (Å²) >= 11 is 0. The van der Waals surface area contributed by atoms with Gasteiger partial charge in [0.2, 0.25) is 0 Å². The third-order valence-corrected chi connectivity index (χ3v) is 8.22. The van der Waals surface area contributed by atoms with Gasteiger partial charge in [0.15, 0.2) is 0 Å². The number of nitrogens with one attached hydrogen (secondary N) is 2. The Morgan fingerprint density at radius 1 is 1.32 bits per heavy atom. The number of aliphatic carboxylic acids is 1. The van der Waals surface area contributed by atoms with Crippen LogP contribution in [0.2, 0.25) is 0 Å². The number of aromatic nitrogens is 1. The molecule has 0 bridgehead atoms. The van der Waals surface area contributed by atoms with E-state index in [0.717, 1.165) is 50.2 Å². The van der Waals surface area contributed by atoms with Gasteiger partial charge in [-0.25, -0.2) is 4.98 Å². The standard InChI is InChI=1S/C27H40N4O3/c1-17-13-18(2)31-27(3,23(17)16-29-24(10-12-32)26(33)34)21-14-19(15-21)6-8-22-9-7-20-5-4-11-28-25(20)30-22/h7,9,13,19,21,23-24,29,32H,4-6,8,10-12,14-16H2,1-3H3,(H,28,30)(H,33,34)/t19-,21+,23?,24-,27?/m1/s1. The lowest BCUT2D eigenvalue weighted by atomic mass is 9.59. The predicted octanol–water partition coefficient (Wildman–Crippen LogP) is 3.62. The van der Waals surface area contributed by atoms with Gasteiger partial charge in [0, 0.05) is 37.0 Å². The van der Waals surface area contributed by atoms with Crippen molar-refractivity contribution in [1.82, 2.24) is 10.3 Å². The van der Waals surface area contributed by atoms with Gasteiger partial charge in [-0.3, -0.25) is 9.79 Å². The van der Waals surface area contributed by atoms with Crippen LogP contribution in [0.5, 0.6) is 0 Å². The third kappa shape index (κ3) is 5.36. The Balaban J connectivity index is 1.35. The first-order valence-corrected chi connectivity index (χ1v) is 12.8. The van der Waals surface area contributed by atoms with Crippen LogP contribution in [0.25, 0.3) is 0 Å². The molecule has 0 spiro atoms. The van der Waals surface area contributed by atoms with Gasteiger partial charge in [-0.05, 0) is 95.3 Å². The fraction of sp³-hybridized carbons (Fsp3) is 0.667. The summed E-state index contributed by atoms with van der Waals surface area (Å²) in [5.74, 6) is 1.48. The number of fused-ring (bicyclic) bond motifs is 1. The summed E-state index contributed by atoms with van der Waals surface area (Å²) in [5, 5.41) is 25.3. The molecule has 0 aromatic carbocycles. The number of aliphatic imine (C=N–C) groups is 1. The van der Waals surface area contributed by atoms with E-state index in [9.17, 15) is 15.0 Å². The number of rotatable bonds is 10. The minimum atomic E-state index is -0.914. The normalized spacial score (nSPS) is 29.2. The van der Waals surface area contributed by atoms with Crippen LogP contribution in [0, 0.1) is 17.8 Å². The average molecular weight is 469 g/mol. The molecule has 3 heterocycles. The zero-order valence-corrected chi connectivity index (χ0v) is 20.8. The molecule has 1 saturated carbocycles. The summed E-state index contributed by atoms with van der Waals surface area (Å²) in [5.41, 5.74) is 4.59. The molecule has 186 valence electrons. The highest BCUT2D eigenvalue weighted by Crippen LogP contribution is 2.50. The number of aryl methyl sites for hydroxylation is 2. The lowest BCUT2D eigenvalue weighted by Gasteiger charge is -2.51. The highest BCUT2D eigenvalue weighted by molar-refractivity contribution is 5.94. The number of hydrogen-bond acceptors (Lipinski definition) is 6. The number of carboxylic acids is 1. The number of pyridine rings is 1.